The summed E-state index contributed by atoms with van der Waals surface area (Å²) in [4.78, 5) is 12.2. The average molecular weight is 455 g/mol. The van der Waals surface area contributed by atoms with Gasteiger partial charge in [0.05, 0.1) is 15.2 Å². The molecule has 0 fully saturated rings. The van der Waals surface area contributed by atoms with Gasteiger partial charge in [-0.2, -0.15) is 5.10 Å². The molecule has 0 heterocycles. The monoisotopic (exact) mass is 453 g/mol. The molecule has 0 saturated heterocycles. The van der Waals surface area contributed by atoms with E-state index in [0.717, 1.165) is 11.3 Å². The zero-order valence-electron chi connectivity index (χ0n) is 13.0. The van der Waals surface area contributed by atoms with Crippen molar-refractivity contribution < 1.29 is 9.90 Å². The van der Waals surface area contributed by atoms with Crippen LogP contribution in [0, 0.1) is 0 Å². The number of hydrazone groups is 1. The second kappa shape index (κ2) is 8.84. The largest absolute Gasteiger partial charge is 0.506 e. The Morgan fingerprint density at radius 1 is 1.25 bits per heavy atom. The normalized spacial score (nSPS) is 12.1. The third-order valence-electron chi connectivity index (χ3n) is 3.27. The number of halogens is 2. The Hall–Kier alpha value is -1.86. The Labute approximate surface area is 157 Å². The van der Waals surface area contributed by atoms with Crippen molar-refractivity contribution >= 4 is 49.7 Å². The van der Waals surface area contributed by atoms with Crippen LogP contribution in [0.5, 0.6) is 5.75 Å². The van der Waals surface area contributed by atoms with Crippen molar-refractivity contribution in [3.63, 3.8) is 0 Å². The second-order valence-corrected chi connectivity index (χ2v) is 6.75. The zero-order valence-corrected chi connectivity index (χ0v) is 16.1. The molecule has 5 nitrogen and oxygen atoms in total. The topological polar surface area (TPSA) is 73.7 Å². The maximum Gasteiger partial charge on any atom is 0.262 e. The number of amides is 1. The first-order valence-corrected chi connectivity index (χ1v) is 8.92. The van der Waals surface area contributed by atoms with Crippen LogP contribution in [0.25, 0.3) is 0 Å². The van der Waals surface area contributed by atoms with E-state index >= 15 is 0 Å². The molecule has 0 radical (unpaired) electrons. The van der Waals surface area contributed by atoms with Crippen LogP contribution in [0.1, 0.15) is 18.9 Å². The van der Waals surface area contributed by atoms with Gasteiger partial charge in [0.15, 0.2) is 0 Å². The summed E-state index contributed by atoms with van der Waals surface area (Å²) in [5.74, 6) is -0.0937. The predicted molar refractivity (Wildman–Crippen MR) is 103 cm³/mol. The highest BCUT2D eigenvalue weighted by molar-refractivity contribution is 9.11. The fraction of sp³-hybridized carbons (Fsp3) is 0.176. The highest BCUT2D eigenvalue weighted by Crippen LogP contribution is 2.32. The summed E-state index contributed by atoms with van der Waals surface area (Å²) in [5.41, 5.74) is 4.15. The number of carbonyl (C=O) groups is 1. The molecule has 1 amide bonds. The predicted octanol–water partition coefficient (Wildman–Crippen LogP) is 4.26. The lowest BCUT2D eigenvalue weighted by Gasteiger charge is -2.16. The van der Waals surface area contributed by atoms with Crippen LogP contribution in [0.15, 0.2) is 56.5 Å². The highest BCUT2D eigenvalue weighted by atomic mass is 79.9. The minimum absolute atomic E-state index is 0.120. The molecular formula is C17H17Br2N3O2. The van der Waals surface area contributed by atoms with Gasteiger partial charge in [-0.25, -0.2) is 5.43 Å². The SMILES string of the molecule is CC[C@H](Nc1ccccc1)C(=O)N/N=C\c1cc(Br)c(O)c(Br)c1. The number of hydrogen-bond donors (Lipinski definition) is 3. The van der Waals surface area contributed by atoms with E-state index in [2.05, 4.69) is 47.7 Å². The lowest BCUT2D eigenvalue weighted by molar-refractivity contribution is -0.121. The maximum atomic E-state index is 12.2. The summed E-state index contributed by atoms with van der Waals surface area (Å²) in [7, 11) is 0. The fourth-order valence-electron chi connectivity index (χ4n) is 2.00. The van der Waals surface area contributed by atoms with Crippen LogP contribution in [-0.4, -0.2) is 23.3 Å². The average Bonchev–Trinajstić information content (AvgIpc) is 2.58. The van der Waals surface area contributed by atoms with Gasteiger partial charge < -0.3 is 10.4 Å². The molecule has 7 heteroatoms. The summed E-state index contributed by atoms with van der Waals surface area (Å²) >= 11 is 6.50. The van der Waals surface area contributed by atoms with E-state index < -0.39 is 0 Å². The summed E-state index contributed by atoms with van der Waals surface area (Å²) in [6, 6.07) is 12.6. The number of rotatable bonds is 6. The fourth-order valence-corrected chi connectivity index (χ4v) is 3.22. The van der Waals surface area contributed by atoms with Crippen LogP contribution in [0.2, 0.25) is 0 Å². The maximum absolute atomic E-state index is 12.2. The van der Waals surface area contributed by atoms with Crippen molar-refractivity contribution in [2.45, 2.75) is 19.4 Å². The highest BCUT2D eigenvalue weighted by Gasteiger charge is 2.15. The Morgan fingerprint density at radius 3 is 2.46 bits per heavy atom. The molecule has 2 aromatic rings. The molecule has 2 aromatic carbocycles. The van der Waals surface area contributed by atoms with Gasteiger partial charge >= 0.3 is 0 Å². The minimum Gasteiger partial charge on any atom is -0.506 e. The number of aromatic hydroxyl groups is 1. The molecule has 126 valence electrons. The van der Waals surface area contributed by atoms with E-state index in [1.807, 2.05) is 37.3 Å². The molecule has 0 bridgehead atoms. The van der Waals surface area contributed by atoms with Crippen LogP contribution >= 0.6 is 31.9 Å². The molecule has 0 unspecified atom stereocenters. The van der Waals surface area contributed by atoms with Crippen LogP contribution in [0.3, 0.4) is 0 Å². The molecule has 0 aromatic heterocycles. The molecule has 3 N–H and O–H groups in total. The number of hydrogen-bond acceptors (Lipinski definition) is 4. The molecule has 24 heavy (non-hydrogen) atoms. The molecule has 0 spiro atoms. The number of benzene rings is 2. The van der Waals surface area contributed by atoms with E-state index in [9.17, 15) is 9.90 Å². The van der Waals surface area contributed by atoms with Gasteiger partial charge in [0.25, 0.3) is 5.91 Å². The number of nitrogens with zero attached hydrogens (tertiary/aromatic N) is 1. The van der Waals surface area contributed by atoms with E-state index in [1.54, 1.807) is 12.1 Å². The van der Waals surface area contributed by atoms with Gasteiger partial charge in [-0.1, -0.05) is 25.1 Å². The summed E-state index contributed by atoms with van der Waals surface area (Å²) < 4.78 is 1.09. The third-order valence-corrected chi connectivity index (χ3v) is 4.48. The molecule has 1 atom stereocenters. The lowest BCUT2D eigenvalue weighted by atomic mass is 10.2. The first kappa shape index (κ1) is 18.5. The Morgan fingerprint density at radius 2 is 1.88 bits per heavy atom. The molecule has 0 aliphatic carbocycles. The number of phenols is 1. The van der Waals surface area contributed by atoms with Gasteiger partial charge in [-0.3, -0.25) is 4.79 Å². The Kier molecular flexibility index (Phi) is 6.81. The number of phenolic OH excluding ortho intramolecular Hbond substituents is 1. The zero-order chi connectivity index (χ0) is 17.5. The first-order valence-electron chi connectivity index (χ1n) is 7.33. The first-order chi connectivity index (χ1) is 11.5. The number of nitrogens with one attached hydrogen (secondary N) is 2. The summed E-state index contributed by atoms with van der Waals surface area (Å²) in [6.07, 6.45) is 2.15. The molecule has 2 rings (SSSR count). The van der Waals surface area contributed by atoms with Crippen molar-refractivity contribution in [1.82, 2.24) is 5.43 Å². The van der Waals surface area contributed by atoms with Crippen molar-refractivity contribution in [2.75, 3.05) is 5.32 Å². The van der Waals surface area contributed by atoms with Gasteiger partial charge in [-0.15, -0.1) is 0 Å². The standard InChI is InChI=1S/C17H17Br2N3O2/c1-2-15(21-12-6-4-3-5-7-12)17(24)22-20-10-11-8-13(18)16(23)14(19)9-11/h3-10,15,21,23H,2H2,1H3,(H,22,24)/b20-10-/t15-/m0/s1. The Balaban J connectivity index is 1.98. The molecule has 0 aliphatic heterocycles. The van der Waals surface area contributed by atoms with Gasteiger partial charge in [0.1, 0.15) is 11.8 Å². The molecular weight excluding hydrogens is 438 g/mol. The van der Waals surface area contributed by atoms with Gasteiger partial charge in [0, 0.05) is 5.69 Å². The lowest BCUT2D eigenvalue weighted by Crippen LogP contribution is -2.36. The van der Waals surface area contributed by atoms with Crippen molar-refractivity contribution in [2.24, 2.45) is 5.10 Å². The number of carbonyl (C=O) groups excluding carboxylic acids is 1. The van der Waals surface area contributed by atoms with E-state index in [1.165, 1.54) is 6.21 Å². The van der Waals surface area contributed by atoms with E-state index in [4.69, 9.17) is 0 Å². The second-order valence-electron chi connectivity index (χ2n) is 5.04. The minimum atomic E-state index is -0.372. The van der Waals surface area contributed by atoms with Crippen molar-refractivity contribution in [1.29, 1.82) is 0 Å². The quantitative estimate of drug-likeness (QED) is 0.451. The third kappa shape index (κ3) is 5.07. The molecule has 0 aliphatic rings. The smallest absolute Gasteiger partial charge is 0.262 e. The van der Waals surface area contributed by atoms with Crippen molar-refractivity contribution in [3.05, 3.63) is 57.0 Å². The number of para-hydroxylation sites is 1. The summed E-state index contributed by atoms with van der Waals surface area (Å²) in [5, 5.41) is 16.8. The van der Waals surface area contributed by atoms with Crippen molar-refractivity contribution in [3.8, 4) is 5.75 Å². The van der Waals surface area contributed by atoms with Crippen LogP contribution < -0.4 is 10.7 Å². The summed E-state index contributed by atoms with van der Waals surface area (Å²) in [6.45, 7) is 1.93. The van der Waals surface area contributed by atoms with Gasteiger partial charge in [-0.05, 0) is 68.1 Å². The van der Waals surface area contributed by atoms with Crippen LogP contribution in [0.4, 0.5) is 5.69 Å². The number of anilines is 1. The molecule has 0 saturated carbocycles. The Bertz CT molecular complexity index is 713. The van der Waals surface area contributed by atoms with Crippen LogP contribution in [-0.2, 0) is 4.79 Å². The van der Waals surface area contributed by atoms with E-state index in [0.29, 0.717) is 15.4 Å². The van der Waals surface area contributed by atoms with Gasteiger partial charge in [0.2, 0.25) is 0 Å². The van der Waals surface area contributed by atoms with E-state index in [-0.39, 0.29) is 17.7 Å².